The van der Waals surface area contributed by atoms with Crippen LogP contribution >= 0.6 is 0 Å². The van der Waals surface area contributed by atoms with Crippen LogP contribution in [0.4, 0.5) is 0 Å². The summed E-state index contributed by atoms with van der Waals surface area (Å²) in [5.74, 6) is 4.93. The highest BCUT2D eigenvalue weighted by Crippen LogP contribution is 2.59. The summed E-state index contributed by atoms with van der Waals surface area (Å²) >= 11 is 0. The van der Waals surface area contributed by atoms with E-state index >= 15 is 0 Å². The number of aromatic nitrogens is 12. The van der Waals surface area contributed by atoms with Crippen LogP contribution in [0.25, 0.3) is 225 Å². The van der Waals surface area contributed by atoms with Crippen molar-refractivity contribution in [3.05, 3.63) is 447 Å². The lowest BCUT2D eigenvalue weighted by molar-refractivity contribution is 0.660. The predicted octanol–water partition coefficient (Wildman–Crippen LogP) is 29.7. The van der Waals surface area contributed by atoms with Gasteiger partial charge in [0.15, 0.2) is 52.4 Å². The molecule has 638 valence electrons. The van der Waals surface area contributed by atoms with Crippen LogP contribution in [0.2, 0.25) is 0 Å². The lowest BCUT2D eigenvalue weighted by Crippen LogP contribution is -2.14. The molecule has 3 aliphatic carbocycles. The first-order valence-corrected chi connectivity index (χ1v) is 45.9. The fourth-order valence-electron chi connectivity index (χ4n) is 20.8. The van der Waals surface area contributed by atoms with Gasteiger partial charge in [0, 0.05) is 108 Å². The van der Waals surface area contributed by atoms with Crippen LogP contribution in [0.15, 0.2) is 413 Å². The Morgan fingerprint density at radius 3 is 0.807 bits per heavy atom. The number of rotatable bonds is 17. The Bertz CT molecular complexity index is 8290. The first-order valence-electron chi connectivity index (χ1n) is 45.9. The minimum atomic E-state index is -0.218. The standard InChI is InChI=1S/C123H86N12/c1-121(2)99-45-16-13-42-96(99)108-102(121)60-57-93(106(108)77-63-67-124-68-64-77)84-33-23-38-89(71-84)118-128-112(78-27-9-7-10-28-78)127-114(131-118)80-53-49-75(50-54-80)83-32-22-37-88(70-83)117-132-115(133-120(135-117)90-39-24-34-85(72-90)94-58-61-103-109(107(94)92-41-26-65-125-74-92)97-43-14-17-46-100(97)122(103,3)4)81-55-51-76(52-56-81)82-31-21-36-87(69-82)116-129-113(79-29-11-8-12-30-79)130-119(134-116)91-40-25-35-86(73-91)95-59-62-104-110(111(95)105-48-19-20-66-126-105)98-44-15-18-47-101(98)123(104,5)6/h7-74H,1-6H3. The molecule has 0 atom stereocenters. The van der Waals surface area contributed by atoms with E-state index in [1.54, 1.807) is 0 Å². The van der Waals surface area contributed by atoms with Gasteiger partial charge in [-0.3, -0.25) is 15.0 Å². The summed E-state index contributed by atoms with van der Waals surface area (Å²) in [5, 5.41) is 0. The Labute approximate surface area is 783 Å². The van der Waals surface area contributed by atoms with Crippen molar-refractivity contribution in [2.75, 3.05) is 0 Å². The molecule has 0 fully saturated rings. The predicted molar refractivity (Wildman–Crippen MR) is 545 cm³/mol. The van der Waals surface area contributed by atoms with E-state index in [1.807, 2.05) is 104 Å². The van der Waals surface area contributed by atoms with Crippen molar-refractivity contribution >= 4 is 0 Å². The minimum absolute atomic E-state index is 0.182. The molecule has 0 saturated heterocycles. The molecule has 12 nitrogen and oxygen atoms in total. The number of hydrogen-bond donors (Lipinski definition) is 0. The van der Waals surface area contributed by atoms with E-state index in [4.69, 9.17) is 54.8 Å². The molecule has 0 saturated carbocycles. The maximum absolute atomic E-state index is 5.48. The van der Waals surface area contributed by atoms with Crippen LogP contribution in [0.1, 0.15) is 74.9 Å². The van der Waals surface area contributed by atoms with E-state index in [-0.39, 0.29) is 16.2 Å². The van der Waals surface area contributed by atoms with Crippen molar-refractivity contribution in [3.8, 4) is 225 Å². The van der Waals surface area contributed by atoms with Crippen LogP contribution in [0.5, 0.6) is 0 Å². The fourth-order valence-corrected chi connectivity index (χ4v) is 20.8. The Morgan fingerprint density at radius 1 is 0.156 bits per heavy atom. The molecular weight excluding hydrogens is 1650 g/mol. The molecule has 3 aliphatic rings. The maximum atomic E-state index is 5.48. The molecule has 21 aromatic rings. The second-order valence-corrected chi connectivity index (χ2v) is 36.6. The van der Waals surface area contributed by atoms with Crippen molar-refractivity contribution in [1.82, 2.24) is 59.8 Å². The molecule has 0 spiro atoms. The van der Waals surface area contributed by atoms with Gasteiger partial charge in [0.1, 0.15) is 0 Å². The van der Waals surface area contributed by atoms with Crippen LogP contribution in [0.3, 0.4) is 0 Å². The average Bonchev–Trinajstić information content (AvgIpc) is 1.57. The highest BCUT2D eigenvalue weighted by atomic mass is 15.1. The Balaban J connectivity index is 0.586. The summed E-state index contributed by atoms with van der Waals surface area (Å²) < 4.78 is 0. The number of nitrogens with zero attached hydrogens (tertiary/aromatic N) is 12. The molecule has 15 aromatic carbocycles. The topological polar surface area (TPSA) is 155 Å². The van der Waals surface area contributed by atoms with E-state index in [9.17, 15) is 0 Å². The van der Waals surface area contributed by atoms with E-state index in [2.05, 4.69) is 356 Å². The zero-order valence-electron chi connectivity index (χ0n) is 75.1. The Hall–Kier alpha value is -17.2. The van der Waals surface area contributed by atoms with Crippen LogP contribution in [-0.4, -0.2) is 59.8 Å². The molecule has 0 unspecified atom stereocenters. The third kappa shape index (κ3) is 14.2. The van der Waals surface area contributed by atoms with Crippen LogP contribution < -0.4 is 0 Å². The van der Waals surface area contributed by atoms with Crippen molar-refractivity contribution in [2.24, 2.45) is 0 Å². The normalized spacial score (nSPS) is 13.1. The third-order valence-corrected chi connectivity index (χ3v) is 27.5. The van der Waals surface area contributed by atoms with Crippen molar-refractivity contribution in [3.63, 3.8) is 0 Å². The molecule has 0 N–H and O–H groups in total. The summed E-state index contributed by atoms with van der Waals surface area (Å²) in [6, 6.07) is 135. The SMILES string of the molecule is CC1(C)c2ccccc2-c2c1ccc(-c1cccc(-c3nc(-c4ccccc4)nc(-c4ccc(-c5cccc(-c6nc(-c7ccc(-c8cccc(-c9nc(-c%10ccccc%10)nc(-c%10cccc(-c%11ccc%12c(c%11-c%11ccccn%11)-c%11ccccc%11C%12(C)C)c%10)n9)c8)cc7)nc(-c7cccc(-c8ccc9c(c8-c8cccnc8)-c8ccccc8C9(C)C)c7)n6)c5)cc4)n3)c1)c2-c1ccncc1. The summed E-state index contributed by atoms with van der Waals surface area (Å²) in [7, 11) is 0. The van der Waals surface area contributed by atoms with Gasteiger partial charge in [-0.05, 0) is 200 Å². The quantitative estimate of drug-likeness (QED) is 0.0852. The van der Waals surface area contributed by atoms with Crippen molar-refractivity contribution in [1.29, 1.82) is 0 Å². The molecule has 12 heteroatoms. The Kier molecular flexibility index (Phi) is 19.6. The number of benzene rings is 15. The maximum Gasteiger partial charge on any atom is 0.164 e. The zero-order valence-corrected chi connectivity index (χ0v) is 75.1. The van der Waals surface area contributed by atoms with Gasteiger partial charge in [-0.1, -0.05) is 363 Å². The van der Waals surface area contributed by atoms with E-state index in [1.165, 1.54) is 72.3 Å². The highest BCUT2D eigenvalue weighted by Gasteiger charge is 2.42. The summed E-state index contributed by atoms with van der Waals surface area (Å²) in [6.07, 6.45) is 9.47. The van der Waals surface area contributed by atoms with Crippen LogP contribution in [0, 0.1) is 0 Å². The van der Waals surface area contributed by atoms with Gasteiger partial charge in [-0.15, -0.1) is 0 Å². The van der Waals surface area contributed by atoms with Gasteiger partial charge < -0.3 is 0 Å². The van der Waals surface area contributed by atoms with Gasteiger partial charge in [0.05, 0.1) is 5.69 Å². The highest BCUT2D eigenvalue weighted by molar-refractivity contribution is 6.04. The fraction of sp³-hybridized carbons (Fsp3) is 0.0732. The lowest BCUT2D eigenvalue weighted by Gasteiger charge is -2.23. The smallest absolute Gasteiger partial charge is 0.164 e. The van der Waals surface area contributed by atoms with Crippen molar-refractivity contribution < 1.29 is 0 Å². The molecule has 0 amide bonds. The zero-order chi connectivity index (χ0) is 90.6. The molecule has 6 aromatic heterocycles. The molecule has 0 bridgehead atoms. The molecule has 135 heavy (non-hydrogen) atoms. The third-order valence-electron chi connectivity index (χ3n) is 27.5. The Morgan fingerprint density at radius 2 is 0.444 bits per heavy atom. The minimum Gasteiger partial charge on any atom is -0.265 e. The average molecular weight is 1730 g/mol. The molecule has 0 aliphatic heterocycles. The van der Waals surface area contributed by atoms with Crippen LogP contribution in [-0.2, 0) is 16.2 Å². The molecule has 24 rings (SSSR count). The summed E-state index contributed by atoms with van der Waals surface area (Å²) in [5.41, 5.74) is 39.0. The number of hydrogen-bond acceptors (Lipinski definition) is 12. The molecular formula is C123H86N12. The first kappa shape index (κ1) is 81.0. The van der Waals surface area contributed by atoms with E-state index < -0.39 is 0 Å². The second kappa shape index (κ2) is 32.7. The number of fused-ring (bicyclic) bond motifs is 9. The van der Waals surface area contributed by atoms with Gasteiger partial charge >= 0.3 is 0 Å². The van der Waals surface area contributed by atoms with Gasteiger partial charge in [0.25, 0.3) is 0 Å². The van der Waals surface area contributed by atoms with Gasteiger partial charge in [0.2, 0.25) is 0 Å². The van der Waals surface area contributed by atoms with Gasteiger partial charge in [-0.25, -0.2) is 44.9 Å². The largest absolute Gasteiger partial charge is 0.265 e. The second-order valence-electron chi connectivity index (χ2n) is 36.6. The van der Waals surface area contributed by atoms with Crippen molar-refractivity contribution in [2.45, 2.75) is 57.8 Å². The molecule has 6 heterocycles. The van der Waals surface area contributed by atoms with E-state index in [0.29, 0.717) is 52.4 Å². The monoisotopic (exact) mass is 1730 g/mol. The first-order chi connectivity index (χ1) is 66.2. The van der Waals surface area contributed by atoms with E-state index in [0.717, 1.165) is 134 Å². The lowest BCUT2D eigenvalue weighted by atomic mass is 9.80. The number of pyridine rings is 3. The summed E-state index contributed by atoms with van der Waals surface area (Å²) in [4.78, 5) is 62.2. The summed E-state index contributed by atoms with van der Waals surface area (Å²) in [6.45, 7) is 14.0. The van der Waals surface area contributed by atoms with Gasteiger partial charge in [-0.2, -0.15) is 0 Å². The molecule has 0 radical (unpaired) electrons.